The molecule has 1 aromatic rings. The summed E-state index contributed by atoms with van der Waals surface area (Å²) in [6.07, 6.45) is -4.63. The Balaban J connectivity index is 2.25. The fraction of sp³-hybridized carbons (Fsp3) is 0.364. The van der Waals surface area contributed by atoms with E-state index in [0.29, 0.717) is 10.5 Å². The highest BCUT2D eigenvalue weighted by molar-refractivity contribution is 5.82. The van der Waals surface area contributed by atoms with Crippen molar-refractivity contribution in [3.63, 3.8) is 0 Å². The van der Waals surface area contributed by atoms with E-state index in [1.807, 2.05) is 0 Å². The Morgan fingerprint density at radius 2 is 2.00 bits per heavy atom. The average molecular weight is 275 g/mol. The van der Waals surface area contributed by atoms with Gasteiger partial charge in [-0.3, -0.25) is 4.79 Å². The number of carbonyl (C=O) groups excluding carboxylic acids is 1. The zero-order valence-corrected chi connectivity index (χ0v) is 9.65. The molecule has 1 aliphatic heterocycles. The number of alkyl halides is 3. The molecule has 0 saturated carbocycles. The van der Waals surface area contributed by atoms with Crippen molar-refractivity contribution >= 4 is 11.6 Å². The summed E-state index contributed by atoms with van der Waals surface area (Å²) in [5.74, 6) is -1.90. The van der Waals surface area contributed by atoms with Gasteiger partial charge in [-0.2, -0.15) is 13.2 Å². The van der Waals surface area contributed by atoms with Crippen LogP contribution in [0.4, 0.5) is 18.9 Å². The van der Waals surface area contributed by atoms with Gasteiger partial charge in [-0.05, 0) is 17.5 Å². The SMILES string of the molecule is O=C(N1CCc2ccc([N+](=O)O)cc2C1)C(F)(F)F. The van der Waals surface area contributed by atoms with Gasteiger partial charge in [0.15, 0.2) is 0 Å². The van der Waals surface area contributed by atoms with Gasteiger partial charge in [0.2, 0.25) is 0 Å². The molecule has 0 radical (unpaired) electrons. The summed E-state index contributed by atoms with van der Waals surface area (Å²) in [4.78, 5) is 22.2. The van der Waals surface area contributed by atoms with E-state index in [9.17, 15) is 22.9 Å². The molecular formula is C11H10F3N2O3+. The largest absolute Gasteiger partial charge is 0.471 e. The number of rotatable bonds is 1. The maximum atomic E-state index is 12.3. The second-order valence-electron chi connectivity index (χ2n) is 4.20. The molecule has 1 amide bonds. The summed E-state index contributed by atoms with van der Waals surface area (Å²) in [7, 11) is 0. The summed E-state index contributed by atoms with van der Waals surface area (Å²) in [5, 5.41) is 8.75. The average Bonchev–Trinajstić information content (AvgIpc) is 2.35. The molecular weight excluding hydrogens is 265 g/mol. The van der Waals surface area contributed by atoms with Gasteiger partial charge in [0.05, 0.1) is 4.91 Å². The molecule has 0 unspecified atom stereocenters. The van der Waals surface area contributed by atoms with E-state index in [-0.39, 0.29) is 30.1 Å². The minimum absolute atomic E-state index is 0.0229. The molecule has 5 nitrogen and oxygen atoms in total. The van der Waals surface area contributed by atoms with Crippen LogP contribution in [-0.4, -0.2) is 33.7 Å². The Hall–Kier alpha value is -2.12. The van der Waals surface area contributed by atoms with Gasteiger partial charge in [0, 0.05) is 25.2 Å². The van der Waals surface area contributed by atoms with E-state index >= 15 is 0 Å². The Kier molecular flexibility index (Phi) is 3.17. The molecule has 2 rings (SSSR count). The number of hydrogen-bond donors (Lipinski definition) is 1. The Morgan fingerprint density at radius 1 is 1.32 bits per heavy atom. The van der Waals surface area contributed by atoms with E-state index < -0.39 is 12.1 Å². The minimum atomic E-state index is -4.91. The fourth-order valence-electron chi connectivity index (χ4n) is 2.02. The van der Waals surface area contributed by atoms with Crippen molar-refractivity contribution in [3.05, 3.63) is 34.2 Å². The van der Waals surface area contributed by atoms with Crippen LogP contribution < -0.4 is 0 Å². The van der Waals surface area contributed by atoms with Crippen LogP contribution in [0.3, 0.4) is 0 Å². The molecule has 0 saturated heterocycles. The lowest BCUT2D eigenvalue weighted by Crippen LogP contribution is -2.43. The first-order chi connectivity index (χ1) is 8.79. The van der Waals surface area contributed by atoms with Crippen molar-refractivity contribution in [1.82, 2.24) is 4.90 Å². The lowest BCUT2D eigenvalue weighted by atomic mass is 9.99. The maximum absolute atomic E-state index is 12.3. The molecule has 0 aromatic heterocycles. The summed E-state index contributed by atoms with van der Waals surface area (Å²) in [6.45, 7) is -0.250. The van der Waals surface area contributed by atoms with E-state index in [1.165, 1.54) is 12.1 Å². The monoisotopic (exact) mass is 275 g/mol. The van der Waals surface area contributed by atoms with Gasteiger partial charge in [-0.1, -0.05) is 6.07 Å². The Bertz CT molecular complexity index is 542. The number of halogens is 3. The van der Waals surface area contributed by atoms with Crippen molar-refractivity contribution in [2.45, 2.75) is 19.1 Å². The number of carbonyl (C=O) groups is 1. The minimum Gasteiger partial charge on any atom is -0.330 e. The molecule has 0 aliphatic carbocycles. The van der Waals surface area contributed by atoms with E-state index in [0.717, 1.165) is 5.56 Å². The maximum Gasteiger partial charge on any atom is 0.471 e. The first kappa shape index (κ1) is 13.3. The van der Waals surface area contributed by atoms with Crippen LogP contribution >= 0.6 is 0 Å². The van der Waals surface area contributed by atoms with Gasteiger partial charge in [-0.15, -0.1) is 0 Å². The zero-order valence-electron chi connectivity index (χ0n) is 9.65. The molecule has 102 valence electrons. The molecule has 8 heteroatoms. The predicted molar refractivity (Wildman–Crippen MR) is 56.7 cm³/mol. The molecule has 19 heavy (non-hydrogen) atoms. The standard InChI is InChI=1S/C11H10F3N2O3/c12-11(13,14)10(17)15-4-3-7-1-2-9(16(18)19)5-8(7)6-15/h1-2,5H,3-4,6H2,(H,18,19)/q+1. The molecule has 1 aliphatic rings. The second-order valence-corrected chi connectivity index (χ2v) is 4.20. The third-order valence-electron chi connectivity index (χ3n) is 2.95. The van der Waals surface area contributed by atoms with Gasteiger partial charge in [0.25, 0.3) is 4.92 Å². The number of benzene rings is 1. The normalized spacial score (nSPS) is 15.0. The number of amides is 1. The van der Waals surface area contributed by atoms with Crippen LogP contribution in [0.2, 0.25) is 0 Å². The number of hydrogen-bond acceptors (Lipinski definition) is 2. The number of nitrogens with zero attached hydrogens (tertiary/aromatic N) is 2. The summed E-state index contributed by atoms with van der Waals surface area (Å²) in [5.41, 5.74) is 1.10. The second kappa shape index (κ2) is 4.52. The van der Waals surface area contributed by atoms with E-state index in [2.05, 4.69) is 0 Å². The zero-order chi connectivity index (χ0) is 14.2. The molecule has 0 spiro atoms. The Morgan fingerprint density at radius 3 is 2.58 bits per heavy atom. The van der Waals surface area contributed by atoms with Crippen LogP contribution in [0.25, 0.3) is 0 Å². The summed E-state index contributed by atoms with van der Waals surface area (Å²) >= 11 is 0. The lowest BCUT2D eigenvalue weighted by molar-refractivity contribution is -0.729. The lowest BCUT2D eigenvalue weighted by Gasteiger charge is -2.29. The summed E-state index contributed by atoms with van der Waals surface area (Å²) in [6, 6.07) is 4.20. The molecule has 0 atom stereocenters. The molecule has 0 bridgehead atoms. The van der Waals surface area contributed by atoms with Crippen LogP contribution in [0.5, 0.6) is 0 Å². The van der Waals surface area contributed by atoms with Gasteiger partial charge < -0.3 is 4.90 Å². The van der Waals surface area contributed by atoms with Crippen molar-refractivity contribution in [1.29, 1.82) is 0 Å². The van der Waals surface area contributed by atoms with Crippen LogP contribution in [0.15, 0.2) is 18.2 Å². The topological polar surface area (TPSA) is 60.6 Å². The van der Waals surface area contributed by atoms with Gasteiger partial charge in [-0.25, -0.2) is 5.21 Å². The predicted octanol–water partition coefficient (Wildman–Crippen LogP) is 1.93. The molecule has 1 N–H and O–H groups in total. The van der Waals surface area contributed by atoms with E-state index in [4.69, 9.17) is 5.21 Å². The van der Waals surface area contributed by atoms with E-state index in [1.54, 1.807) is 6.07 Å². The number of fused-ring (bicyclic) bond motifs is 1. The third kappa shape index (κ3) is 2.67. The highest BCUT2D eigenvalue weighted by atomic mass is 19.4. The molecule has 1 heterocycles. The first-order valence-electron chi connectivity index (χ1n) is 5.43. The third-order valence-corrected chi connectivity index (χ3v) is 2.95. The Labute approximate surface area is 105 Å². The smallest absolute Gasteiger partial charge is 0.330 e. The van der Waals surface area contributed by atoms with Crippen molar-refractivity contribution in [2.75, 3.05) is 6.54 Å². The van der Waals surface area contributed by atoms with Crippen molar-refractivity contribution in [3.8, 4) is 0 Å². The van der Waals surface area contributed by atoms with Gasteiger partial charge in [0.1, 0.15) is 0 Å². The van der Waals surface area contributed by atoms with Crippen LogP contribution in [0.1, 0.15) is 11.1 Å². The highest BCUT2D eigenvalue weighted by Gasteiger charge is 2.43. The fourth-order valence-corrected chi connectivity index (χ4v) is 2.02. The highest BCUT2D eigenvalue weighted by Crippen LogP contribution is 2.27. The van der Waals surface area contributed by atoms with Crippen LogP contribution in [0, 0.1) is 4.91 Å². The molecule has 0 fully saturated rings. The van der Waals surface area contributed by atoms with Crippen molar-refractivity contribution in [2.24, 2.45) is 0 Å². The first-order valence-corrected chi connectivity index (χ1v) is 5.43. The quantitative estimate of drug-likeness (QED) is 0.797. The van der Waals surface area contributed by atoms with Gasteiger partial charge >= 0.3 is 17.8 Å². The summed E-state index contributed by atoms with van der Waals surface area (Å²) < 4.78 is 37.0. The van der Waals surface area contributed by atoms with Crippen LogP contribution in [-0.2, 0) is 17.8 Å². The molecule has 1 aromatic carbocycles. The van der Waals surface area contributed by atoms with Crippen molar-refractivity contribution < 1.29 is 28.1 Å².